The highest BCUT2D eigenvalue weighted by Crippen LogP contribution is 2.39. The Labute approximate surface area is 219 Å². The largest absolute Gasteiger partial charge is 0.483 e. The van der Waals surface area contributed by atoms with Crippen LogP contribution in [-0.4, -0.2) is 54.8 Å². The van der Waals surface area contributed by atoms with Crippen molar-refractivity contribution in [3.05, 3.63) is 53.4 Å². The summed E-state index contributed by atoms with van der Waals surface area (Å²) in [5.74, 6) is 3.06. The zero-order valence-corrected chi connectivity index (χ0v) is 22.6. The number of hydrogen-bond donors (Lipinski definition) is 0. The van der Waals surface area contributed by atoms with E-state index in [1.165, 1.54) is 5.56 Å². The molecule has 0 bridgehead atoms. The van der Waals surface area contributed by atoms with E-state index in [1.54, 1.807) is 0 Å². The van der Waals surface area contributed by atoms with Gasteiger partial charge in [0.2, 0.25) is 0 Å². The second kappa shape index (κ2) is 10.9. The molecule has 0 radical (unpaired) electrons. The van der Waals surface area contributed by atoms with Crippen LogP contribution in [0.15, 0.2) is 30.5 Å². The number of likely N-dealkylation sites (tertiary alicyclic amines) is 1. The smallest absolute Gasteiger partial charge is 0.173 e. The van der Waals surface area contributed by atoms with Crippen molar-refractivity contribution in [1.29, 1.82) is 0 Å². The van der Waals surface area contributed by atoms with Crippen LogP contribution in [0.1, 0.15) is 99.8 Å². The first kappa shape index (κ1) is 25.8. The van der Waals surface area contributed by atoms with E-state index >= 15 is 4.39 Å². The van der Waals surface area contributed by atoms with Crippen LogP contribution in [0.2, 0.25) is 0 Å². The van der Waals surface area contributed by atoms with Crippen LogP contribution >= 0.6 is 0 Å². The SMILES string of the molecule is CCCc1cccc(O[C@H](C)c2nnc([C@H]3CC[C@H](n4cc(C5(F)CCN(C)CC5)nn4)CC3)n2C)c1. The highest BCUT2D eigenvalue weighted by atomic mass is 19.1. The summed E-state index contributed by atoms with van der Waals surface area (Å²) in [4.78, 5) is 2.17. The average molecular weight is 510 g/mol. The van der Waals surface area contributed by atoms with E-state index in [4.69, 9.17) is 4.74 Å². The lowest BCUT2D eigenvalue weighted by molar-refractivity contribution is 0.0632. The van der Waals surface area contributed by atoms with Crippen molar-refractivity contribution in [2.75, 3.05) is 20.1 Å². The first-order valence-corrected chi connectivity index (χ1v) is 13.8. The van der Waals surface area contributed by atoms with Gasteiger partial charge in [0.15, 0.2) is 17.6 Å². The summed E-state index contributed by atoms with van der Waals surface area (Å²) >= 11 is 0. The van der Waals surface area contributed by atoms with Gasteiger partial charge in [0, 0.05) is 38.9 Å². The van der Waals surface area contributed by atoms with E-state index in [0.29, 0.717) is 24.5 Å². The molecule has 2 aliphatic rings. The molecule has 2 fully saturated rings. The lowest BCUT2D eigenvalue weighted by Crippen LogP contribution is -2.38. The Morgan fingerprint density at radius 3 is 2.57 bits per heavy atom. The first-order chi connectivity index (χ1) is 17.9. The average Bonchev–Trinajstić information content (AvgIpc) is 3.54. The van der Waals surface area contributed by atoms with Gasteiger partial charge in [-0.2, -0.15) is 0 Å². The molecule has 0 amide bonds. The number of halogens is 1. The quantitative estimate of drug-likeness (QED) is 0.411. The summed E-state index contributed by atoms with van der Waals surface area (Å²) in [6, 6.07) is 8.56. The molecule has 37 heavy (non-hydrogen) atoms. The maximum absolute atomic E-state index is 15.5. The highest BCUT2D eigenvalue weighted by molar-refractivity contribution is 5.29. The van der Waals surface area contributed by atoms with Crippen molar-refractivity contribution >= 4 is 0 Å². The Morgan fingerprint density at radius 2 is 1.84 bits per heavy atom. The second-order valence-corrected chi connectivity index (χ2v) is 11.0. The minimum Gasteiger partial charge on any atom is -0.483 e. The zero-order chi connectivity index (χ0) is 26.0. The molecule has 1 aliphatic carbocycles. The van der Waals surface area contributed by atoms with Gasteiger partial charge in [-0.1, -0.05) is 30.7 Å². The van der Waals surface area contributed by atoms with E-state index in [9.17, 15) is 0 Å². The molecule has 2 aromatic heterocycles. The van der Waals surface area contributed by atoms with Crippen LogP contribution < -0.4 is 4.74 Å². The lowest BCUT2D eigenvalue weighted by Gasteiger charge is -2.33. The fourth-order valence-electron chi connectivity index (χ4n) is 5.87. The third kappa shape index (κ3) is 5.56. The number of aryl methyl sites for hydroxylation is 1. The van der Waals surface area contributed by atoms with Crippen molar-refractivity contribution in [3.8, 4) is 5.75 Å². The molecule has 5 rings (SSSR count). The number of piperidine rings is 1. The van der Waals surface area contributed by atoms with Gasteiger partial charge in [0.05, 0.1) is 12.2 Å². The molecule has 200 valence electrons. The molecule has 1 atom stereocenters. The van der Waals surface area contributed by atoms with Crippen LogP contribution in [0.25, 0.3) is 0 Å². The Kier molecular flexibility index (Phi) is 7.60. The monoisotopic (exact) mass is 509 g/mol. The van der Waals surface area contributed by atoms with Gasteiger partial charge in [-0.25, -0.2) is 9.07 Å². The lowest BCUT2D eigenvalue weighted by atomic mass is 9.85. The molecule has 1 aromatic carbocycles. The normalized spacial score (nSPS) is 23.2. The molecule has 0 unspecified atom stereocenters. The molecule has 1 saturated heterocycles. The van der Waals surface area contributed by atoms with E-state index in [2.05, 4.69) is 49.0 Å². The number of benzene rings is 1. The van der Waals surface area contributed by atoms with Gasteiger partial charge < -0.3 is 14.2 Å². The van der Waals surface area contributed by atoms with Crippen LogP contribution in [0.4, 0.5) is 4.39 Å². The molecule has 3 heterocycles. The summed E-state index contributed by atoms with van der Waals surface area (Å²) in [6.07, 6.45) is 8.70. The summed E-state index contributed by atoms with van der Waals surface area (Å²) < 4.78 is 25.7. The Hall–Kier alpha value is -2.81. The minimum atomic E-state index is -1.35. The van der Waals surface area contributed by atoms with Gasteiger partial charge >= 0.3 is 0 Å². The zero-order valence-electron chi connectivity index (χ0n) is 22.6. The number of nitrogens with zero attached hydrogens (tertiary/aromatic N) is 7. The fourth-order valence-corrected chi connectivity index (χ4v) is 5.87. The van der Waals surface area contributed by atoms with E-state index < -0.39 is 5.67 Å². The number of hydrogen-bond acceptors (Lipinski definition) is 6. The van der Waals surface area contributed by atoms with Crippen LogP contribution in [0, 0.1) is 0 Å². The van der Waals surface area contributed by atoms with Crippen molar-refractivity contribution in [2.45, 2.75) is 88.9 Å². The van der Waals surface area contributed by atoms with Crippen molar-refractivity contribution < 1.29 is 9.13 Å². The Morgan fingerprint density at radius 1 is 1.08 bits per heavy atom. The fraction of sp³-hybridized carbons (Fsp3) is 0.643. The number of alkyl halides is 1. The van der Waals surface area contributed by atoms with Gasteiger partial charge in [-0.05, 0) is 63.8 Å². The third-order valence-corrected chi connectivity index (χ3v) is 8.24. The predicted octanol–water partition coefficient (Wildman–Crippen LogP) is 5.29. The van der Waals surface area contributed by atoms with Crippen LogP contribution in [-0.2, 0) is 19.1 Å². The first-order valence-electron chi connectivity index (χ1n) is 13.8. The maximum Gasteiger partial charge on any atom is 0.173 e. The molecular formula is C28H40FN7O. The molecule has 1 aliphatic heterocycles. The van der Waals surface area contributed by atoms with Crippen LogP contribution in [0.3, 0.4) is 0 Å². The predicted molar refractivity (Wildman–Crippen MR) is 140 cm³/mol. The van der Waals surface area contributed by atoms with Crippen LogP contribution in [0.5, 0.6) is 5.75 Å². The molecule has 0 spiro atoms. The molecule has 1 saturated carbocycles. The highest BCUT2D eigenvalue weighted by Gasteiger charge is 2.39. The summed E-state index contributed by atoms with van der Waals surface area (Å²) in [6.45, 7) is 5.72. The summed E-state index contributed by atoms with van der Waals surface area (Å²) in [5, 5.41) is 17.7. The van der Waals surface area contributed by atoms with Gasteiger partial charge in [0.25, 0.3) is 0 Å². The Bertz CT molecular complexity index is 1170. The minimum absolute atomic E-state index is 0.194. The molecule has 9 heteroatoms. The third-order valence-electron chi connectivity index (χ3n) is 8.24. The second-order valence-electron chi connectivity index (χ2n) is 11.0. The van der Waals surface area contributed by atoms with Gasteiger partial charge in [0.1, 0.15) is 17.3 Å². The molecular weight excluding hydrogens is 469 g/mol. The van der Waals surface area contributed by atoms with Gasteiger partial charge in [-0.3, -0.25) is 0 Å². The van der Waals surface area contributed by atoms with E-state index in [1.807, 2.05) is 44.0 Å². The molecule has 0 N–H and O–H groups in total. The van der Waals surface area contributed by atoms with E-state index in [-0.39, 0.29) is 12.1 Å². The number of rotatable bonds is 8. The van der Waals surface area contributed by atoms with Crippen molar-refractivity contribution in [3.63, 3.8) is 0 Å². The number of aromatic nitrogens is 6. The van der Waals surface area contributed by atoms with Crippen molar-refractivity contribution in [2.24, 2.45) is 7.05 Å². The topological polar surface area (TPSA) is 73.9 Å². The maximum atomic E-state index is 15.5. The molecule has 3 aromatic rings. The Balaban J connectivity index is 1.19. The van der Waals surface area contributed by atoms with E-state index in [0.717, 1.165) is 69.0 Å². The number of ether oxygens (including phenoxy) is 1. The van der Waals surface area contributed by atoms with Crippen molar-refractivity contribution in [1.82, 2.24) is 34.7 Å². The summed E-state index contributed by atoms with van der Waals surface area (Å²) in [7, 11) is 4.07. The standard InChI is InChI=1S/C28H40FN7O/c1-5-7-21-8-6-9-24(18-21)37-20(2)26-31-32-27(35(26)4)22-10-12-23(13-11-22)36-19-25(30-33-36)28(29)14-16-34(3)17-15-28/h6,8-9,18-20,22-23H,5,7,10-17H2,1-4H3/t20-,22-,23-/m1/s1. The molecule has 8 nitrogen and oxygen atoms in total. The summed E-state index contributed by atoms with van der Waals surface area (Å²) in [5.41, 5.74) is 0.428. The van der Waals surface area contributed by atoms with Gasteiger partial charge in [-0.15, -0.1) is 15.3 Å².